The monoisotopic (exact) mass is 310 g/mol. The van der Waals surface area contributed by atoms with Gasteiger partial charge in [0.2, 0.25) is 0 Å². The van der Waals surface area contributed by atoms with E-state index < -0.39 is 10.0 Å². The van der Waals surface area contributed by atoms with Crippen molar-refractivity contribution in [3.63, 3.8) is 0 Å². The van der Waals surface area contributed by atoms with Crippen molar-refractivity contribution in [1.29, 1.82) is 0 Å². The van der Waals surface area contributed by atoms with E-state index in [9.17, 15) is 8.42 Å². The van der Waals surface area contributed by atoms with Crippen LogP contribution in [-0.2, 0) is 16.6 Å². The highest BCUT2D eigenvalue weighted by atomic mass is 35.5. The van der Waals surface area contributed by atoms with Gasteiger partial charge in [-0.15, -0.1) is 0 Å². The molecule has 2 rings (SSSR count). The normalized spacial score (nSPS) is 11.3. The number of nitrogens with one attached hydrogen (secondary N) is 2. The Morgan fingerprint density at radius 3 is 2.40 bits per heavy atom. The summed E-state index contributed by atoms with van der Waals surface area (Å²) in [6.07, 6.45) is 0. The van der Waals surface area contributed by atoms with E-state index in [1.807, 2.05) is 0 Å². The van der Waals surface area contributed by atoms with Crippen LogP contribution in [-0.4, -0.2) is 15.5 Å². The Morgan fingerprint density at radius 1 is 1.05 bits per heavy atom. The summed E-state index contributed by atoms with van der Waals surface area (Å²) in [6.45, 7) is 0.472. The molecule has 2 aromatic carbocycles. The summed E-state index contributed by atoms with van der Waals surface area (Å²) in [7, 11) is -1.89. The highest BCUT2D eigenvalue weighted by molar-refractivity contribution is 7.92. The molecular formula is C14H15ClN2O2S. The summed E-state index contributed by atoms with van der Waals surface area (Å²) < 4.78 is 27.4. The van der Waals surface area contributed by atoms with Crippen LogP contribution in [0.25, 0.3) is 0 Å². The van der Waals surface area contributed by atoms with Gasteiger partial charge in [-0.3, -0.25) is 4.72 Å². The molecule has 0 saturated carbocycles. The van der Waals surface area contributed by atoms with Crippen LogP contribution in [0.3, 0.4) is 0 Å². The lowest BCUT2D eigenvalue weighted by molar-refractivity contribution is 0.599. The Kier molecular flexibility index (Phi) is 4.65. The molecule has 6 heteroatoms. The number of sulfonamides is 1. The van der Waals surface area contributed by atoms with Crippen LogP contribution >= 0.6 is 11.6 Å². The molecule has 0 radical (unpaired) electrons. The van der Waals surface area contributed by atoms with Crippen LogP contribution in [0.5, 0.6) is 0 Å². The average molecular weight is 311 g/mol. The van der Waals surface area contributed by atoms with Gasteiger partial charge < -0.3 is 5.32 Å². The van der Waals surface area contributed by atoms with Crippen LogP contribution in [0.15, 0.2) is 53.4 Å². The summed E-state index contributed by atoms with van der Waals surface area (Å²) in [4.78, 5) is 0.245. The van der Waals surface area contributed by atoms with E-state index >= 15 is 0 Å². The summed E-state index contributed by atoms with van der Waals surface area (Å²) in [5.41, 5.74) is 1.07. The maximum Gasteiger partial charge on any atom is 0.262 e. The zero-order chi connectivity index (χ0) is 14.6. The first-order valence-corrected chi connectivity index (χ1v) is 7.90. The number of anilines is 1. The molecule has 0 aliphatic heterocycles. The van der Waals surface area contributed by atoms with E-state index in [1.54, 1.807) is 55.6 Å². The third-order valence-electron chi connectivity index (χ3n) is 2.75. The summed E-state index contributed by atoms with van der Waals surface area (Å²) >= 11 is 5.98. The van der Waals surface area contributed by atoms with E-state index in [1.165, 1.54) is 0 Å². The molecule has 0 fully saturated rings. The lowest BCUT2D eigenvalue weighted by Gasteiger charge is -2.12. The number of hydrogen-bond acceptors (Lipinski definition) is 3. The molecule has 4 nitrogen and oxygen atoms in total. The maximum absolute atomic E-state index is 12.5. The summed E-state index contributed by atoms with van der Waals surface area (Å²) in [5, 5.41) is 3.32. The Hall–Kier alpha value is -1.56. The second kappa shape index (κ2) is 6.26. The first-order chi connectivity index (χ1) is 9.54. The molecule has 0 saturated heterocycles. The minimum Gasteiger partial charge on any atom is -0.316 e. The second-order valence-corrected chi connectivity index (χ2v) is 6.28. The lowest BCUT2D eigenvalue weighted by Crippen LogP contribution is -2.17. The summed E-state index contributed by atoms with van der Waals surface area (Å²) in [5.74, 6) is 0. The van der Waals surface area contributed by atoms with Crippen LogP contribution < -0.4 is 10.0 Å². The van der Waals surface area contributed by atoms with Gasteiger partial charge in [0.25, 0.3) is 10.0 Å². The van der Waals surface area contributed by atoms with Crippen molar-refractivity contribution < 1.29 is 8.42 Å². The van der Waals surface area contributed by atoms with Gasteiger partial charge in [-0.25, -0.2) is 8.42 Å². The average Bonchev–Trinajstić information content (AvgIpc) is 2.42. The van der Waals surface area contributed by atoms with Crippen molar-refractivity contribution in [2.45, 2.75) is 11.4 Å². The van der Waals surface area contributed by atoms with Gasteiger partial charge in [-0.1, -0.05) is 41.9 Å². The number of benzene rings is 2. The minimum atomic E-state index is -3.66. The van der Waals surface area contributed by atoms with Crippen molar-refractivity contribution in [2.75, 3.05) is 11.8 Å². The molecule has 2 aromatic rings. The van der Waals surface area contributed by atoms with E-state index in [0.717, 1.165) is 0 Å². The Balaban J connectivity index is 2.39. The van der Waals surface area contributed by atoms with E-state index in [4.69, 9.17) is 11.6 Å². The van der Waals surface area contributed by atoms with Crippen LogP contribution in [0.4, 0.5) is 5.69 Å². The van der Waals surface area contributed by atoms with Crippen LogP contribution in [0.1, 0.15) is 5.56 Å². The minimum absolute atomic E-state index is 0.245. The predicted molar refractivity (Wildman–Crippen MR) is 81.5 cm³/mol. The Bertz CT molecular complexity index is 702. The topological polar surface area (TPSA) is 58.2 Å². The molecular weight excluding hydrogens is 296 g/mol. The molecule has 0 amide bonds. The van der Waals surface area contributed by atoms with Gasteiger partial charge in [0.05, 0.1) is 15.6 Å². The van der Waals surface area contributed by atoms with Gasteiger partial charge in [0.15, 0.2) is 0 Å². The molecule has 0 spiro atoms. The van der Waals surface area contributed by atoms with Gasteiger partial charge >= 0.3 is 0 Å². The van der Waals surface area contributed by atoms with Crippen molar-refractivity contribution in [2.24, 2.45) is 0 Å². The first kappa shape index (κ1) is 14.8. The van der Waals surface area contributed by atoms with E-state index in [0.29, 0.717) is 22.8 Å². The van der Waals surface area contributed by atoms with Crippen LogP contribution in [0.2, 0.25) is 5.02 Å². The Morgan fingerprint density at radius 2 is 1.70 bits per heavy atom. The molecule has 2 N–H and O–H groups in total. The highest BCUT2D eigenvalue weighted by Gasteiger charge is 2.18. The van der Waals surface area contributed by atoms with E-state index in [2.05, 4.69) is 10.0 Å². The molecule has 0 aromatic heterocycles. The van der Waals surface area contributed by atoms with Crippen molar-refractivity contribution in [3.05, 3.63) is 59.1 Å². The van der Waals surface area contributed by atoms with Crippen LogP contribution in [0, 0.1) is 0 Å². The van der Waals surface area contributed by atoms with Gasteiger partial charge in [0, 0.05) is 6.54 Å². The maximum atomic E-state index is 12.5. The lowest BCUT2D eigenvalue weighted by atomic mass is 10.2. The summed E-state index contributed by atoms with van der Waals surface area (Å²) in [6, 6.07) is 13.6. The number of hydrogen-bond donors (Lipinski definition) is 2. The quantitative estimate of drug-likeness (QED) is 0.893. The largest absolute Gasteiger partial charge is 0.316 e. The standard InChI is InChI=1S/C14H15ClN2O2S/c1-16-10-11-6-2-5-9-14(11)20(18,19)17-13-8-4-3-7-12(13)15/h2-9,16-17H,10H2,1H3. The SMILES string of the molecule is CNCc1ccccc1S(=O)(=O)Nc1ccccc1Cl. The number of para-hydroxylation sites is 1. The fraction of sp³-hybridized carbons (Fsp3) is 0.143. The van der Waals surface area contributed by atoms with Crippen molar-refractivity contribution in [3.8, 4) is 0 Å². The molecule has 0 heterocycles. The third kappa shape index (κ3) is 3.30. The van der Waals surface area contributed by atoms with Gasteiger partial charge in [0.1, 0.15) is 0 Å². The molecule has 0 aliphatic carbocycles. The van der Waals surface area contributed by atoms with Gasteiger partial charge in [-0.05, 0) is 30.8 Å². The molecule has 106 valence electrons. The van der Waals surface area contributed by atoms with E-state index in [-0.39, 0.29) is 4.90 Å². The smallest absolute Gasteiger partial charge is 0.262 e. The fourth-order valence-corrected chi connectivity index (χ4v) is 3.41. The molecule has 0 bridgehead atoms. The molecule has 0 aliphatic rings. The number of halogens is 1. The highest BCUT2D eigenvalue weighted by Crippen LogP contribution is 2.25. The molecule has 0 atom stereocenters. The molecule has 0 unspecified atom stereocenters. The predicted octanol–water partition coefficient (Wildman–Crippen LogP) is 2.86. The van der Waals surface area contributed by atoms with Crippen molar-refractivity contribution in [1.82, 2.24) is 5.32 Å². The second-order valence-electron chi connectivity index (χ2n) is 4.22. The zero-order valence-corrected chi connectivity index (χ0v) is 12.5. The van der Waals surface area contributed by atoms with Gasteiger partial charge in [-0.2, -0.15) is 0 Å². The third-order valence-corrected chi connectivity index (χ3v) is 4.54. The number of rotatable bonds is 5. The fourth-order valence-electron chi connectivity index (χ4n) is 1.85. The Labute approximate surface area is 123 Å². The molecule has 20 heavy (non-hydrogen) atoms. The first-order valence-electron chi connectivity index (χ1n) is 6.04. The zero-order valence-electron chi connectivity index (χ0n) is 10.9. The van der Waals surface area contributed by atoms with Crippen molar-refractivity contribution >= 4 is 27.3 Å².